The highest BCUT2D eigenvalue weighted by Crippen LogP contribution is 2.39. The van der Waals surface area contributed by atoms with Gasteiger partial charge in [0.25, 0.3) is 5.91 Å². The van der Waals surface area contributed by atoms with E-state index in [2.05, 4.69) is 42.2 Å². The predicted molar refractivity (Wildman–Crippen MR) is 113 cm³/mol. The first-order valence-electron chi connectivity index (χ1n) is 8.72. The molecule has 1 aliphatic rings. The van der Waals surface area contributed by atoms with E-state index < -0.39 is 5.92 Å². The number of carbonyl (C=O) groups is 3. The van der Waals surface area contributed by atoms with Crippen molar-refractivity contribution >= 4 is 55.0 Å². The molecule has 1 fully saturated rings. The van der Waals surface area contributed by atoms with Gasteiger partial charge in [-0.3, -0.25) is 19.4 Å². The predicted octanol–water partition coefficient (Wildman–Crippen LogP) is 4.26. The van der Waals surface area contributed by atoms with Crippen LogP contribution in [0.5, 0.6) is 0 Å². The SMILES string of the molecule is C/C=C\N=C(/C)C(=O)NCCC1CC(=O)C(c2c(C)cc(Br)cc2Br)C1=O. The number of hydrogen-bond donors (Lipinski definition) is 1. The minimum absolute atomic E-state index is 0.0618. The van der Waals surface area contributed by atoms with Crippen molar-refractivity contribution in [3.63, 3.8) is 0 Å². The van der Waals surface area contributed by atoms with Gasteiger partial charge in [-0.1, -0.05) is 37.9 Å². The second kappa shape index (κ2) is 9.55. The molecule has 0 bridgehead atoms. The molecule has 2 unspecified atom stereocenters. The number of rotatable bonds is 6. The Balaban J connectivity index is 2.04. The van der Waals surface area contributed by atoms with E-state index in [9.17, 15) is 14.4 Å². The number of benzene rings is 1. The Morgan fingerprint density at radius 3 is 2.67 bits per heavy atom. The van der Waals surface area contributed by atoms with Crippen molar-refractivity contribution in [2.24, 2.45) is 10.9 Å². The quantitative estimate of drug-likeness (QED) is 0.471. The molecular formula is C20H22Br2N2O3. The van der Waals surface area contributed by atoms with E-state index in [1.54, 1.807) is 19.2 Å². The highest BCUT2D eigenvalue weighted by Gasteiger charge is 2.43. The van der Waals surface area contributed by atoms with E-state index in [-0.39, 0.29) is 29.8 Å². The van der Waals surface area contributed by atoms with Crippen molar-refractivity contribution in [1.82, 2.24) is 5.32 Å². The Hall–Kier alpha value is -1.60. The van der Waals surface area contributed by atoms with E-state index in [4.69, 9.17) is 0 Å². The largest absolute Gasteiger partial charge is 0.351 e. The first kappa shape index (κ1) is 21.7. The van der Waals surface area contributed by atoms with Crippen LogP contribution in [0.3, 0.4) is 0 Å². The normalized spacial score (nSPS) is 20.6. The van der Waals surface area contributed by atoms with Gasteiger partial charge in [-0.05, 0) is 50.5 Å². The number of allylic oxidation sites excluding steroid dienone is 1. The standard InChI is InChI=1S/C20H22Br2N2O3/c1-4-6-23-12(3)20(27)24-7-5-13-9-16(25)18(19(13)26)17-11(2)8-14(21)10-15(17)22/h4,6,8,10,13,18H,5,7,9H2,1-3H3,(H,24,27)/b6-4-,23-12+. The molecule has 27 heavy (non-hydrogen) atoms. The zero-order valence-electron chi connectivity index (χ0n) is 15.5. The number of ketones is 2. The van der Waals surface area contributed by atoms with Crippen LogP contribution in [0.15, 0.2) is 38.3 Å². The monoisotopic (exact) mass is 496 g/mol. The lowest BCUT2D eigenvalue weighted by atomic mass is 9.90. The van der Waals surface area contributed by atoms with Gasteiger partial charge in [-0.2, -0.15) is 0 Å². The molecule has 1 aromatic rings. The second-order valence-electron chi connectivity index (χ2n) is 6.56. The molecule has 1 N–H and O–H groups in total. The average Bonchev–Trinajstić information content (AvgIpc) is 2.86. The second-order valence-corrected chi connectivity index (χ2v) is 8.33. The maximum Gasteiger partial charge on any atom is 0.265 e. The molecule has 1 aliphatic carbocycles. The van der Waals surface area contributed by atoms with Gasteiger partial charge in [-0.25, -0.2) is 0 Å². The molecule has 0 saturated heterocycles. The fourth-order valence-electron chi connectivity index (χ4n) is 3.22. The van der Waals surface area contributed by atoms with E-state index in [0.29, 0.717) is 18.7 Å². The van der Waals surface area contributed by atoms with Crippen molar-refractivity contribution in [1.29, 1.82) is 0 Å². The third-order valence-corrected chi connectivity index (χ3v) is 5.68. The zero-order chi connectivity index (χ0) is 20.1. The van der Waals surface area contributed by atoms with Gasteiger partial charge >= 0.3 is 0 Å². The molecule has 5 nitrogen and oxygen atoms in total. The molecular weight excluding hydrogens is 476 g/mol. The molecule has 0 spiro atoms. The highest BCUT2D eigenvalue weighted by atomic mass is 79.9. The van der Waals surface area contributed by atoms with E-state index in [1.807, 2.05) is 26.0 Å². The maximum absolute atomic E-state index is 12.9. The van der Waals surface area contributed by atoms with Gasteiger partial charge in [0.1, 0.15) is 17.4 Å². The van der Waals surface area contributed by atoms with Crippen LogP contribution in [0.2, 0.25) is 0 Å². The molecule has 2 atom stereocenters. The first-order valence-corrected chi connectivity index (χ1v) is 10.3. The van der Waals surface area contributed by atoms with E-state index >= 15 is 0 Å². The summed E-state index contributed by atoms with van der Waals surface area (Å²) in [5.74, 6) is -1.50. The van der Waals surface area contributed by atoms with E-state index in [0.717, 1.165) is 20.1 Å². The van der Waals surface area contributed by atoms with Gasteiger partial charge in [0.2, 0.25) is 0 Å². The summed E-state index contributed by atoms with van der Waals surface area (Å²) in [7, 11) is 0. The number of aryl methyl sites for hydroxylation is 1. The van der Waals surface area contributed by atoms with Crippen LogP contribution in [0.25, 0.3) is 0 Å². The van der Waals surface area contributed by atoms with Crippen LogP contribution in [0, 0.1) is 12.8 Å². The van der Waals surface area contributed by atoms with Crippen LogP contribution in [-0.4, -0.2) is 29.7 Å². The summed E-state index contributed by atoms with van der Waals surface area (Å²) in [6, 6.07) is 3.75. The summed E-state index contributed by atoms with van der Waals surface area (Å²) in [5.41, 5.74) is 2.00. The van der Waals surface area contributed by atoms with Crippen LogP contribution in [0.4, 0.5) is 0 Å². The lowest BCUT2D eigenvalue weighted by molar-refractivity contribution is -0.125. The minimum Gasteiger partial charge on any atom is -0.351 e. The van der Waals surface area contributed by atoms with Gasteiger partial charge in [0.15, 0.2) is 5.78 Å². The molecule has 1 saturated carbocycles. The third-order valence-electron chi connectivity index (χ3n) is 4.57. The summed E-state index contributed by atoms with van der Waals surface area (Å²) >= 11 is 6.90. The van der Waals surface area contributed by atoms with Crippen molar-refractivity contribution in [2.45, 2.75) is 39.5 Å². The van der Waals surface area contributed by atoms with Crippen molar-refractivity contribution < 1.29 is 14.4 Å². The number of carbonyl (C=O) groups excluding carboxylic acids is 3. The number of nitrogens with one attached hydrogen (secondary N) is 1. The first-order chi connectivity index (χ1) is 12.8. The number of amides is 1. The van der Waals surface area contributed by atoms with Gasteiger partial charge < -0.3 is 5.32 Å². The minimum atomic E-state index is -0.730. The summed E-state index contributed by atoms with van der Waals surface area (Å²) in [6.45, 7) is 5.67. The molecule has 0 aromatic heterocycles. The van der Waals surface area contributed by atoms with Gasteiger partial charge in [-0.15, -0.1) is 0 Å². The Labute approximate surface area is 176 Å². The summed E-state index contributed by atoms with van der Waals surface area (Å²) in [5, 5.41) is 2.76. The average molecular weight is 498 g/mol. The zero-order valence-corrected chi connectivity index (χ0v) is 18.7. The molecule has 0 radical (unpaired) electrons. The number of Topliss-reactive ketones (excluding diaryl/α,β-unsaturated/α-hetero) is 2. The Bertz CT molecular complexity index is 808. The third kappa shape index (κ3) is 5.23. The topological polar surface area (TPSA) is 75.6 Å². The number of nitrogens with zero attached hydrogens (tertiary/aromatic N) is 1. The summed E-state index contributed by atoms with van der Waals surface area (Å²) in [4.78, 5) is 41.3. The summed E-state index contributed by atoms with van der Waals surface area (Å²) in [6.07, 6.45) is 3.95. The van der Waals surface area contributed by atoms with Crippen LogP contribution in [0.1, 0.15) is 43.7 Å². The van der Waals surface area contributed by atoms with Crippen molar-refractivity contribution in [3.8, 4) is 0 Å². The number of halogens is 2. The number of hydrogen-bond acceptors (Lipinski definition) is 4. The van der Waals surface area contributed by atoms with Gasteiger partial charge in [0.05, 0.1) is 0 Å². The fourth-order valence-corrected chi connectivity index (χ4v) is 4.88. The van der Waals surface area contributed by atoms with Crippen LogP contribution >= 0.6 is 31.9 Å². The van der Waals surface area contributed by atoms with Crippen molar-refractivity contribution in [3.05, 3.63) is 44.5 Å². The highest BCUT2D eigenvalue weighted by molar-refractivity contribution is 9.11. The molecule has 7 heteroatoms. The van der Waals surface area contributed by atoms with Crippen molar-refractivity contribution in [2.75, 3.05) is 6.54 Å². The Morgan fingerprint density at radius 2 is 2.04 bits per heavy atom. The Kier molecular flexibility index (Phi) is 7.68. The Morgan fingerprint density at radius 1 is 1.33 bits per heavy atom. The molecule has 0 aliphatic heterocycles. The van der Waals surface area contributed by atoms with Crippen LogP contribution < -0.4 is 5.32 Å². The fraction of sp³-hybridized carbons (Fsp3) is 0.400. The molecule has 2 rings (SSSR count). The number of aliphatic imine (C=N–C) groups is 1. The molecule has 1 aromatic carbocycles. The smallest absolute Gasteiger partial charge is 0.265 e. The molecule has 144 valence electrons. The summed E-state index contributed by atoms with van der Waals surface area (Å²) < 4.78 is 1.65. The van der Waals surface area contributed by atoms with Gasteiger partial charge in [0, 0.05) is 34.0 Å². The van der Waals surface area contributed by atoms with E-state index in [1.165, 1.54) is 0 Å². The maximum atomic E-state index is 12.9. The molecule has 1 amide bonds. The lowest BCUT2D eigenvalue weighted by Gasteiger charge is -2.15. The van der Waals surface area contributed by atoms with Crippen LogP contribution in [-0.2, 0) is 14.4 Å². The molecule has 0 heterocycles. The lowest BCUT2D eigenvalue weighted by Crippen LogP contribution is -2.31.